The molecule has 0 aromatic heterocycles. The van der Waals surface area contributed by atoms with Crippen molar-refractivity contribution in [1.82, 2.24) is 0 Å². The van der Waals surface area contributed by atoms with Gasteiger partial charge in [-0.3, -0.25) is 0 Å². The van der Waals surface area contributed by atoms with Crippen LogP contribution in [0.5, 0.6) is 11.5 Å². The van der Waals surface area contributed by atoms with E-state index in [-0.39, 0.29) is 18.0 Å². The van der Waals surface area contributed by atoms with E-state index in [2.05, 4.69) is 6.58 Å². The topological polar surface area (TPSA) is 88.1 Å². The lowest BCUT2D eigenvalue weighted by Crippen LogP contribution is -2.20. The summed E-state index contributed by atoms with van der Waals surface area (Å²) in [6, 6.07) is 13.3. The molecule has 2 aromatic rings. The predicted molar refractivity (Wildman–Crippen MR) is 149 cm³/mol. The molecule has 1 aliphatic rings. The van der Waals surface area contributed by atoms with Gasteiger partial charge in [-0.2, -0.15) is 0 Å². The Labute approximate surface area is 231 Å². The fraction of sp³-hybridized carbons (Fsp3) is 0.469. The van der Waals surface area contributed by atoms with Crippen LogP contribution in [0.1, 0.15) is 97.8 Å². The summed E-state index contributed by atoms with van der Waals surface area (Å²) < 4.78 is 21.8. The second kappa shape index (κ2) is 17.1. The molecule has 2 aromatic carbocycles. The van der Waals surface area contributed by atoms with Crippen molar-refractivity contribution in [3.8, 4) is 11.5 Å². The summed E-state index contributed by atoms with van der Waals surface area (Å²) >= 11 is 0. The third-order valence-electron chi connectivity index (χ3n) is 6.68. The highest BCUT2D eigenvalue weighted by Crippen LogP contribution is 2.22. The molecule has 7 heteroatoms. The summed E-state index contributed by atoms with van der Waals surface area (Å²) in [4.78, 5) is 35.8. The molecule has 210 valence electrons. The molecule has 0 N–H and O–H groups in total. The molecule has 0 saturated heterocycles. The molecule has 0 amide bonds. The zero-order valence-electron chi connectivity index (χ0n) is 22.7. The second-order valence-corrected chi connectivity index (χ2v) is 9.80. The number of hydrogen-bond acceptors (Lipinski definition) is 7. The van der Waals surface area contributed by atoms with Gasteiger partial charge in [0.25, 0.3) is 0 Å². The van der Waals surface area contributed by atoms with E-state index in [1.54, 1.807) is 48.5 Å². The van der Waals surface area contributed by atoms with Crippen molar-refractivity contribution in [3.63, 3.8) is 0 Å². The highest BCUT2D eigenvalue weighted by Gasteiger charge is 2.19. The van der Waals surface area contributed by atoms with Crippen molar-refractivity contribution in [1.29, 1.82) is 0 Å². The fourth-order valence-electron chi connectivity index (χ4n) is 4.42. The number of carbonyl (C=O) groups excluding carboxylic acids is 3. The summed E-state index contributed by atoms with van der Waals surface area (Å²) in [5, 5.41) is 0. The smallest absolute Gasteiger partial charge is 0.343 e. The first-order valence-corrected chi connectivity index (χ1v) is 14.1. The Morgan fingerprint density at radius 1 is 0.692 bits per heavy atom. The number of ether oxygens (including phenoxy) is 4. The zero-order chi connectivity index (χ0) is 27.7. The molecule has 0 aliphatic heterocycles. The summed E-state index contributed by atoms with van der Waals surface area (Å²) in [6.45, 7) is 4.45. The molecule has 1 saturated carbocycles. The molecule has 7 nitrogen and oxygen atoms in total. The maximum absolute atomic E-state index is 12.5. The van der Waals surface area contributed by atoms with Gasteiger partial charge in [0.05, 0.1) is 24.3 Å². The summed E-state index contributed by atoms with van der Waals surface area (Å²) in [5.74, 6) is -0.0953. The van der Waals surface area contributed by atoms with Gasteiger partial charge in [-0.25, -0.2) is 14.4 Å². The fourth-order valence-corrected chi connectivity index (χ4v) is 4.42. The molecule has 0 heterocycles. The lowest BCUT2D eigenvalue weighted by Gasteiger charge is -2.21. The van der Waals surface area contributed by atoms with Crippen molar-refractivity contribution in [2.45, 2.75) is 83.2 Å². The van der Waals surface area contributed by atoms with Crippen LogP contribution in [0.2, 0.25) is 0 Å². The van der Waals surface area contributed by atoms with Gasteiger partial charge in [-0.05, 0) is 87.1 Å². The second-order valence-electron chi connectivity index (χ2n) is 9.80. The van der Waals surface area contributed by atoms with E-state index in [0.29, 0.717) is 35.8 Å². The molecule has 1 fully saturated rings. The van der Waals surface area contributed by atoms with Crippen LogP contribution in [-0.2, 0) is 14.3 Å². The molecule has 0 bridgehead atoms. The molecular formula is C32H40O7. The number of esters is 3. The first-order valence-electron chi connectivity index (χ1n) is 14.1. The Hall–Kier alpha value is -3.61. The third kappa shape index (κ3) is 11.3. The van der Waals surface area contributed by atoms with Gasteiger partial charge in [0.1, 0.15) is 17.6 Å². The number of carbonyl (C=O) groups is 3. The number of unbranched alkanes of at least 4 members (excludes halogenated alkanes) is 6. The van der Waals surface area contributed by atoms with Crippen LogP contribution in [0.4, 0.5) is 0 Å². The van der Waals surface area contributed by atoms with E-state index in [4.69, 9.17) is 18.9 Å². The first kappa shape index (κ1) is 29.9. The van der Waals surface area contributed by atoms with E-state index >= 15 is 0 Å². The van der Waals surface area contributed by atoms with E-state index < -0.39 is 5.97 Å². The highest BCUT2D eigenvalue weighted by atomic mass is 16.5. The Balaban J connectivity index is 1.28. The first-order chi connectivity index (χ1) is 19.0. The van der Waals surface area contributed by atoms with Crippen LogP contribution in [-0.4, -0.2) is 37.2 Å². The predicted octanol–water partition coefficient (Wildman–Crippen LogP) is 7.23. The normalized spacial score (nSPS) is 13.3. The van der Waals surface area contributed by atoms with Crippen molar-refractivity contribution in [2.75, 3.05) is 13.2 Å². The minimum Gasteiger partial charge on any atom is -0.494 e. The molecule has 39 heavy (non-hydrogen) atoms. The van der Waals surface area contributed by atoms with Crippen LogP contribution in [0.25, 0.3) is 0 Å². The van der Waals surface area contributed by atoms with Gasteiger partial charge in [-0.15, -0.1) is 0 Å². The van der Waals surface area contributed by atoms with Crippen molar-refractivity contribution in [2.24, 2.45) is 0 Å². The van der Waals surface area contributed by atoms with E-state index in [1.807, 2.05) is 0 Å². The van der Waals surface area contributed by atoms with Crippen LogP contribution in [0, 0.1) is 0 Å². The molecule has 0 unspecified atom stereocenters. The van der Waals surface area contributed by atoms with Crippen molar-refractivity contribution >= 4 is 17.9 Å². The van der Waals surface area contributed by atoms with Gasteiger partial charge in [0, 0.05) is 6.08 Å². The highest BCUT2D eigenvalue weighted by molar-refractivity contribution is 5.92. The number of rotatable bonds is 16. The lowest BCUT2D eigenvalue weighted by atomic mass is 9.98. The summed E-state index contributed by atoms with van der Waals surface area (Å²) in [7, 11) is 0. The Morgan fingerprint density at radius 3 is 1.85 bits per heavy atom. The van der Waals surface area contributed by atoms with Gasteiger partial charge in [-0.1, -0.05) is 45.1 Å². The number of benzene rings is 2. The lowest BCUT2D eigenvalue weighted by molar-refractivity contribution is -0.137. The Morgan fingerprint density at radius 2 is 1.23 bits per heavy atom. The zero-order valence-corrected chi connectivity index (χ0v) is 22.7. The average Bonchev–Trinajstić information content (AvgIpc) is 2.97. The summed E-state index contributed by atoms with van der Waals surface area (Å²) in [6.07, 6.45) is 13.8. The van der Waals surface area contributed by atoms with E-state index in [0.717, 1.165) is 70.6 Å². The van der Waals surface area contributed by atoms with Crippen LogP contribution in [0.3, 0.4) is 0 Å². The van der Waals surface area contributed by atoms with Crippen LogP contribution < -0.4 is 9.47 Å². The minimum atomic E-state index is -0.474. The molecule has 0 spiro atoms. The minimum absolute atomic E-state index is 0.0000462. The molecular weight excluding hydrogens is 496 g/mol. The maximum atomic E-state index is 12.5. The SMILES string of the molecule is C=CC(=O)OCCCCCCCCCOc1ccc(C(=O)Oc2ccc(C(=O)OC3CCCCC3)cc2)cc1. The molecule has 0 radical (unpaired) electrons. The average molecular weight is 537 g/mol. The van der Waals surface area contributed by atoms with E-state index in [1.165, 1.54) is 12.5 Å². The molecule has 3 rings (SSSR count). The summed E-state index contributed by atoms with van der Waals surface area (Å²) in [5.41, 5.74) is 0.869. The van der Waals surface area contributed by atoms with Crippen molar-refractivity contribution in [3.05, 3.63) is 72.3 Å². The van der Waals surface area contributed by atoms with Crippen LogP contribution >= 0.6 is 0 Å². The van der Waals surface area contributed by atoms with Gasteiger partial charge < -0.3 is 18.9 Å². The van der Waals surface area contributed by atoms with Crippen molar-refractivity contribution < 1.29 is 33.3 Å². The van der Waals surface area contributed by atoms with Crippen LogP contribution in [0.15, 0.2) is 61.2 Å². The van der Waals surface area contributed by atoms with Gasteiger partial charge in [0.2, 0.25) is 0 Å². The Bertz CT molecular complexity index is 1040. The Kier molecular flexibility index (Phi) is 13.1. The number of hydrogen-bond donors (Lipinski definition) is 0. The standard InChI is InChI=1S/C32H40O7/c1-2-30(33)37-24-12-7-5-3-4-6-11-23-36-27-19-15-25(16-20-27)32(35)39-29-21-17-26(18-22-29)31(34)38-28-13-9-8-10-14-28/h2,15-22,28H,1,3-14,23-24H2. The molecule has 0 atom stereocenters. The van der Waals surface area contributed by atoms with Gasteiger partial charge >= 0.3 is 17.9 Å². The molecule has 1 aliphatic carbocycles. The third-order valence-corrected chi connectivity index (χ3v) is 6.68. The monoisotopic (exact) mass is 536 g/mol. The quantitative estimate of drug-likeness (QED) is 0.0967. The van der Waals surface area contributed by atoms with Gasteiger partial charge in [0.15, 0.2) is 0 Å². The van der Waals surface area contributed by atoms with E-state index in [9.17, 15) is 14.4 Å². The largest absolute Gasteiger partial charge is 0.494 e. The maximum Gasteiger partial charge on any atom is 0.343 e.